The first-order valence-electron chi connectivity index (χ1n) is 13.6. The lowest BCUT2D eigenvalue weighted by Crippen LogP contribution is -2.52. The van der Waals surface area contributed by atoms with E-state index in [1.54, 1.807) is 6.07 Å². The number of benzene rings is 2. The summed E-state index contributed by atoms with van der Waals surface area (Å²) >= 11 is 0. The molecule has 3 aromatic rings. The van der Waals surface area contributed by atoms with Gasteiger partial charge >= 0.3 is 0 Å². The Kier molecular flexibility index (Phi) is 7.08. The Hall–Kier alpha value is -3.19. The Morgan fingerprint density at radius 3 is 2.36 bits per heavy atom. The first kappa shape index (κ1) is 27.4. The van der Waals surface area contributed by atoms with Gasteiger partial charge in [0.05, 0.1) is 23.5 Å². The third kappa shape index (κ3) is 5.09. The Morgan fingerprint density at radius 2 is 1.79 bits per heavy atom. The molecular weight excluding hydrogens is 512 g/mol. The van der Waals surface area contributed by atoms with Crippen LogP contribution in [0.1, 0.15) is 78.3 Å². The maximum Gasteiger partial charge on any atom is 0.261 e. The summed E-state index contributed by atoms with van der Waals surface area (Å²) in [5.74, 6) is 0.0938. The van der Waals surface area contributed by atoms with E-state index in [0.717, 1.165) is 71.9 Å². The van der Waals surface area contributed by atoms with Gasteiger partial charge in [-0.3, -0.25) is 14.2 Å². The molecule has 2 aliphatic carbocycles. The van der Waals surface area contributed by atoms with Crippen LogP contribution in [0.15, 0.2) is 30.3 Å². The summed E-state index contributed by atoms with van der Waals surface area (Å²) in [5, 5.41) is 10.2. The zero-order valence-corrected chi connectivity index (χ0v) is 23.9. The van der Waals surface area contributed by atoms with Crippen molar-refractivity contribution in [2.45, 2.75) is 57.9 Å². The number of carbonyl (C=O) groups excluding carboxylic acids is 1. The van der Waals surface area contributed by atoms with Gasteiger partial charge in [0.25, 0.3) is 10.1 Å². The topological polar surface area (TPSA) is 118 Å². The van der Waals surface area contributed by atoms with Crippen LogP contribution in [0.4, 0.5) is 5.69 Å². The number of ketones is 1. The summed E-state index contributed by atoms with van der Waals surface area (Å²) in [6, 6.07) is 13.1. The predicted molar refractivity (Wildman–Crippen MR) is 153 cm³/mol. The third-order valence-electron chi connectivity index (χ3n) is 8.54. The van der Waals surface area contributed by atoms with Crippen LogP contribution in [0.3, 0.4) is 0 Å². The summed E-state index contributed by atoms with van der Waals surface area (Å²) in [5.41, 5.74) is 7.34. The maximum atomic E-state index is 13.8. The summed E-state index contributed by atoms with van der Waals surface area (Å²) in [6.07, 6.45) is 5.72. The number of fused-ring (bicyclic) bond motifs is 4. The quantitative estimate of drug-likeness (QED) is 0.458. The number of piperazine rings is 1. The molecule has 2 aromatic carbocycles. The van der Waals surface area contributed by atoms with Gasteiger partial charge in [-0.25, -0.2) is 0 Å². The average molecular weight is 549 g/mol. The van der Waals surface area contributed by atoms with Gasteiger partial charge in [0.2, 0.25) is 0 Å². The second-order valence-electron chi connectivity index (χ2n) is 11.4. The van der Waals surface area contributed by atoms with E-state index in [1.807, 2.05) is 12.1 Å². The number of aromatic amines is 1. The first-order valence-corrected chi connectivity index (χ1v) is 15.5. The van der Waals surface area contributed by atoms with Gasteiger partial charge in [-0.15, -0.1) is 0 Å². The maximum absolute atomic E-state index is 13.8. The fraction of sp³-hybridized carbons (Fsp3) is 0.467. The second kappa shape index (κ2) is 10.1. The van der Waals surface area contributed by atoms with Crippen LogP contribution in [0.5, 0.6) is 0 Å². The number of carbonyl (C=O) groups is 1. The zero-order chi connectivity index (χ0) is 28.1. The van der Waals surface area contributed by atoms with Crippen molar-refractivity contribution >= 4 is 32.5 Å². The molecule has 2 fully saturated rings. The van der Waals surface area contributed by atoms with Gasteiger partial charge in [-0.1, -0.05) is 33.3 Å². The van der Waals surface area contributed by atoms with Gasteiger partial charge < -0.3 is 9.88 Å². The van der Waals surface area contributed by atoms with E-state index in [4.69, 9.17) is 4.55 Å². The van der Waals surface area contributed by atoms with Crippen molar-refractivity contribution in [1.29, 1.82) is 5.26 Å². The smallest absolute Gasteiger partial charge is 0.261 e. The zero-order valence-electron chi connectivity index (χ0n) is 23.0. The number of hydrogen-bond acceptors (Lipinski definition) is 6. The number of nitriles is 1. The van der Waals surface area contributed by atoms with Gasteiger partial charge in [-0.2, -0.15) is 13.7 Å². The number of nitrogens with one attached hydrogen (secondary N) is 1. The normalized spacial score (nSPS) is 19.0. The van der Waals surface area contributed by atoms with Crippen LogP contribution in [0.25, 0.3) is 10.9 Å². The SMILES string of the molecule is CCc1cc2c(cc1N1CCN(C3CCC3)CC1)C(C)(C)c1[nH]c3cc(C#N)ccc3c1C2=O.CS(=O)(=O)O. The van der Waals surface area contributed by atoms with Crippen molar-refractivity contribution in [3.8, 4) is 6.07 Å². The van der Waals surface area contributed by atoms with Crippen LogP contribution in [0.2, 0.25) is 0 Å². The Balaban J connectivity index is 0.000000567. The molecule has 1 saturated heterocycles. The molecular formula is C30H36N4O4S. The minimum Gasteiger partial charge on any atom is -0.369 e. The van der Waals surface area contributed by atoms with Crippen molar-refractivity contribution in [2.75, 3.05) is 37.3 Å². The van der Waals surface area contributed by atoms with E-state index in [2.05, 4.69) is 53.8 Å². The van der Waals surface area contributed by atoms with Gasteiger partial charge in [0.15, 0.2) is 5.78 Å². The standard InChI is InChI=1S/C29H32N4O.CH4O3S/c1-4-19-15-22-23(16-25(19)33-12-10-32(11-13-33)20-6-5-7-20)29(2,3)28-26(27(22)34)21-9-8-18(17-30)14-24(21)31-28;1-5(2,3)4/h8-9,14-16,20,31H,4-7,10-13H2,1-3H3;1H3,(H,2,3,4). The van der Waals surface area contributed by atoms with E-state index < -0.39 is 10.1 Å². The molecule has 2 heterocycles. The number of aryl methyl sites for hydroxylation is 1. The molecule has 206 valence electrons. The Morgan fingerprint density at radius 1 is 1.13 bits per heavy atom. The Labute approximate surface area is 230 Å². The van der Waals surface area contributed by atoms with Crippen molar-refractivity contribution < 1.29 is 17.8 Å². The highest BCUT2D eigenvalue weighted by Crippen LogP contribution is 2.46. The van der Waals surface area contributed by atoms with Crippen LogP contribution in [-0.4, -0.2) is 67.1 Å². The first-order chi connectivity index (χ1) is 18.4. The fourth-order valence-electron chi connectivity index (χ4n) is 6.24. The molecule has 39 heavy (non-hydrogen) atoms. The van der Waals surface area contributed by atoms with Crippen LogP contribution in [0, 0.1) is 11.3 Å². The van der Waals surface area contributed by atoms with E-state index in [0.29, 0.717) is 11.8 Å². The predicted octanol–water partition coefficient (Wildman–Crippen LogP) is 4.65. The van der Waals surface area contributed by atoms with Crippen molar-refractivity contribution in [1.82, 2.24) is 9.88 Å². The minimum atomic E-state index is -3.67. The summed E-state index contributed by atoms with van der Waals surface area (Å²) < 4.78 is 25.9. The molecule has 0 spiro atoms. The van der Waals surface area contributed by atoms with E-state index >= 15 is 0 Å². The second-order valence-corrected chi connectivity index (χ2v) is 12.9. The van der Waals surface area contributed by atoms with Crippen LogP contribution >= 0.6 is 0 Å². The monoisotopic (exact) mass is 548 g/mol. The van der Waals surface area contributed by atoms with Crippen molar-refractivity contribution in [3.63, 3.8) is 0 Å². The van der Waals surface area contributed by atoms with E-state index in [9.17, 15) is 18.5 Å². The molecule has 0 radical (unpaired) electrons. The number of hydrogen-bond donors (Lipinski definition) is 2. The molecule has 2 N–H and O–H groups in total. The molecule has 0 bridgehead atoms. The highest BCUT2D eigenvalue weighted by atomic mass is 32.2. The Bertz CT molecular complexity index is 1580. The molecule has 1 aliphatic heterocycles. The largest absolute Gasteiger partial charge is 0.369 e. The molecule has 1 aromatic heterocycles. The number of H-pyrrole nitrogens is 1. The summed E-state index contributed by atoms with van der Waals surface area (Å²) in [4.78, 5) is 22.6. The third-order valence-corrected chi connectivity index (χ3v) is 8.54. The summed E-state index contributed by atoms with van der Waals surface area (Å²) in [7, 11) is -3.67. The number of aromatic nitrogens is 1. The minimum absolute atomic E-state index is 0.0938. The fourth-order valence-corrected chi connectivity index (χ4v) is 6.24. The summed E-state index contributed by atoms with van der Waals surface area (Å²) in [6.45, 7) is 11.0. The molecule has 0 atom stereocenters. The van der Waals surface area contributed by atoms with Gasteiger partial charge in [-0.05, 0) is 54.7 Å². The molecule has 1 saturated carbocycles. The molecule has 8 nitrogen and oxygen atoms in total. The lowest BCUT2D eigenvalue weighted by atomic mass is 9.70. The molecule has 0 amide bonds. The van der Waals surface area contributed by atoms with Crippen LogP contribution < -0.4 is 4.90 Å². The molecule has 0 unspecified atom stereocenters. The number of nitrogens with zero attached hydrogens (tertiary/aromatic N) is 3. The van der Waals surface area contributed by atoms with Crippen molar-refractivity contribution in [2.24, 2.45) is 0 Å². The highest BCUT2D eigenvalue weighted by Gasteiger charge is 2.40. The van der Waals surface area contributed by atoms with Crippen molar-refractivity contribution in [3.05, 3.63) is 63.8 Å². The van der Waals surface area contributed by atoms with Crippen LogP contribution in [-0.2, 0) is 22.0 Å². The van der Waals surface area contributed by atoms with E-state index in [1.165, 1.54) is 30.5 Å². The number of anilines is 1. The molecule has 3 aliphatic rings. The van der Waals surface area contributed by atoms with Gasteiger partial charge in [0.1, 0.15) is 0 Å². The lowest BCUT2D eigenvalue weighted by molar-refractivity contribution is 0.103. The lowest BCUT2D eigenvalue weighted by Gasteiger charge is -2.44. The van der Waals surface area contributed by atoms with Gasteiger partial charge in [0, 0.05) is 65.5 Å². The molecule has 9 heteroatoms. The van der Waals surface area contributed by atoms with E-state index in [-0.39, 0.29) is 11.2 Å². The number of rotatable bonds is 3. The highest BCUT2D eigenvalue weighted by molar-refractivity contribution is 7.85. The molecule has 6 rings (SSSR count). The average Bonchev–Trinajstić information content (AvgIpc) is 3.25.